The number of rotatable bonds is 13. The molecule has 16 nitrogen and oxygen atoms in total. The van der Waals surface area contributed by atoms with Crippen molar-refractivity contribution in [3.8, 4) is 0 Å². The summed E-state index contributed by atoms with van der Waals surface area (Å²) in [6.07, 6.45) is 1.71. The highest BCUT2D eigenvalue weighted by molar-refractivity contribution is 5.97. The molecule has 3 heterocycles. The normalized spacial score (nSPS) is 21.0. The molecule has 16 heteroatoms. The summed E-state index contributed by atoms with van der Waals surface area (Å²) < 4.78 is 0. The van der Waals surface area contributed by atoms with E-state index in [9.17, 15) is 44.1 Å². The van der Waals surface area contributed by atoms with Crippen LogP contribution in [0.15, 0.2) is 30.5 Å². The zero-order valence-electron chi connectivity index (χ0n) is 26.3. The van der Waals surface area contributed by atoms with E-state index in [0.717, 1.165) is 10.9 Å². The number of carbonyl (C=O) groups excluding carboxylic acids is 5. The Labute approximate surface area is 271 Å². The minimum atomic E-state index is -1.52. The number of aliphatic hydroxyl groups excluding tert-OH is 2. The molecule has 47 heavy (non-hydrogen) atoms. The van der Waals surface area contributed by atoms with Crippen molar-refractivity contribution < 1.29 is 44.1 Å². The van der Waals surface area contributed by atoms with Crippen molar-refractivity contribution in [3.05, 3.63) is 36.0 Å². The molecule has 1 aromatic carbocycles. The molecule has 2 aromatic rings. The van der Waals surface area contributed by atoms with Gasteiger partial charge >= 0.3 is 5.97 Å². The van der Waals surface area contributed by atoms with E-state index in [1.54, 1.807) is 12.3 Å². The summed E-state index contributed by atoms with van der Waals surface area (Å²) in [7, 11) is 0. The molecule has 4 rings (SSSR count). The fraction of sp³-hybridized carbons (Fsp3) is 0.548. The summed E-state index contributed by atoms with van der Waals surface area (Å²) in [6.45, 7) is 2.42. The highest BCUT2D eigenvalue weighted by Crippen LogP contribution is 2.26. The summed E-state index contributed by atoms with van der Waals surface area (Å²) in [5.74, 6) is -4.71. The van der Waals surface area contributed by atoms with E-state index in [-0.39, 0.29) is 25.9 Å². The summed E-state index contributed by atoms with van der Waals surface area (Å²) in [5, 5.41) is 38.1. The lowest BCUT2D eigenvalue weighted by molar-refractivity contribution is -0.149. The van der Waals surface area contributed by atoms with Crippen LogP contribution in [0, 0.1) is 0 Å². The minimum Gasteiger partial charge on any atom is -0.480 e. The van der Waals surface area contributed by atoms with Crippen LogP contribution < -0.4 is 21.7 Å². The molecule has 0 spiro atoms. The molecular formula is C31H43N7O9. The van der Waals surface area contributed by atoms with Gasteiger partial charge in [-0.2, -0.15) is 0 Å². The maximum absolute atomic E-state index is 13.7. The van der Waals surface area contributed by atoms with E-state index in [1.165, 1.54) is 23.6 Å². The van der Waals surface area contributed by atoms with E-state index < -0.39 is 84.5 Å². The molecule has 0 saturated carbocycles. The number of hydrogen-bond donors (Lipinski definition) is 8. The third-order valence-electron chi connectivity index (χ3n) is 8.65. The zero-order chi connectivity index (χ0) is 34.4. The molecule has 2 aliphatic rings. The molecule has 0 aliphatic carbocycles. The van der Waals surface area contributed by atoms with Gasteiger partial charge in [-0.15, -0.1) is 0 Å². The van der Waals surface area contributed by atoms with Gasteiger partial charge in [-0.25, -0.2) is 4.79 Å². The number of amides is 5. The summed E-state index contributed by atoms with van der Waals surface area (Å²) in [6, 6.07) is 0.243. The van der Waals surface area contributed by atoms with Crippen LogP contribution in [0.1, 0.15) is 45.1 Å². The molecule has 256 valence electrons. The van der Waals surface area contributed by atoms with Gasteiger partial charge in [0.15, 0.2) is 0 Å². The number of nitrogens with zero attached hydrogens (tertiary/aromatic N) is 2. The number of aliphatic hydroxyl groups is 2. The number of aromatic amines is 1. The Hall–Kier alpha value is -4.54. The summed E-state index contributed by atoms with van der Waals surface area (Å²) in [5.41, 5.74) is 7.02. The number of carbonyl (C=O) groups is 6. The van der Waals surface area contributed by atoms with Gasteiger partial charge in [0.2, 0.25) is 29.5 Å². The number of H-pyrrole nitrogens is 1. The number of hydrogen-bond acceptors (Lipinski definition) is 9. The summed E-state index contributed by atoms with van der Waals surface area (Å²) in [4.78, 5) is 83.5. The number of carboxylic acid groups (broad SMARTS) is 1. The van der Waals surface area contributed by atoms with Crippen molar-refractivity contribution in [2.45, 2.75) is 88.3 Å². The SMILES string of the molecule is C[C@H](N)C(=O)N[C@@H](CO)C(=O)N1CCC[C@@H]1C(=O)N1CCC[C@H]1C(=O)N[C@H](C(=O)N[C@@H](Cc1c[nH]c2ccccc12)C(=O)O)[C@@H](C)O. The van der Waals surface area contributed by atoms with Crippen LogP contribution in [-0.2, 0) is 35.2 Å². The van der Waals surface area contributed by atoms with E-state index in [2.05, 4.69) is 20.9 Å². The second kappa shape index (κ2) is 15.4. The van der Waals surface area contributed by atoms with Crippen LogP contribution in [0.25, 0.3) is 10.9 Å². The Bertz CT molecular complexity index is 1490. The number of aromatic nitrogens is 1. The number of nitrogens with one attached hydrogen (secondary N) is 4. The van der Waals surface area contributed by atoms with E-state index >= 15 is 0 Å². The zero-order valence-corrected chi connectivity index (χ0v) is 26.3. The van der Waals surface area contributed by atoms with Crippen LogP contribution >= 0.6 is 0 Å². The molecule has 9 N–H and O–H groups in total. The lowest BCUT2D eigenvalue weighted by atomic mass is 10.0. The Morgan fingerprint density at radius 1 is 0.936 bits per heavy atom. The highest BCUT2D eigenvalue weighted by atomic mass is 16.4. The molecule has 2 aliphatic heterocycles. The van der Waals surface area contributed by atoms with Crippen molar-refractivity contribution in [1.82, 2.24) is 30.7 Å². The number of aliphatic carboxylic acids is 1. The fourth-order valence-corrected chi connectivity index (χ4v) is 6.11. The third kappa shape index (κ3) is 8.07. The first-order valence-corrected chi connectivity index (χ1v) is 15.7. The maximum Gasteiger partial charge on any atom is 0.326 e. The van der Waals surface area contributed by atoms with E-state index in [0.29, 0.717) is 24.8 Å². The predicted octanol–water partition coefficient (Wildman–Crippen LogP) is -2.05. The highest BCUT2D eigenvalue weighted by Gasteiger charge is 2.44. The molecule has 1 aromatic heterocycles. The lowest BCUT2D eigenvalue weighted by Crippen LogP contribution is -2.60. The third-order valence-corrected chi connectivity index (χ3v) is 8.65. The van der Waals surface area contributed by atoms with Gasteiger partial charge in [0.25, 0.3) is 0 Å². The molecule has 0 unspecified atom stereocenters. The number of likely N-dealkylation sites (tertiary alicyclic amines) is 2. The first kappa shape index (κ1) is 35.3. The second-order valence-corrected chi connectivity index (χ2v) is 12.1. The topological polar surface area (TPSA) is 247 Å². The van der Waals surface area contributed by atoms with Crippen LogP contribution in [0.2, 0.25) is 0 Å². The van der Waals surface area contributed by atoms with Gasteiger partial charge in [0, 0.05) is 36.6 Å². The fourth-order valence-electron chi connectivity index (χ4n) is 6.11. The second-order valence-electron chi connectivity index (χ2n) is 12.1. The van der Waals surface area contributed by atoms with Crippen LogP contribution in [0.5, 0.6) is 0 Å². The monoisotopic (exact) mass is 657 g/mol. The smallest absolute Gasteiger partial charge is 0.326 e. The predicted molar refractivity (Wildman–Crippen MR) is 167 cm³/mol. The van der Waals surface area contributed by atoms with E-state index in [4.69, 9.17) is 5.73 Å². The van der Waals surface area contributed by atoms with Crippen molar-refractivity contribution in [3.63, 3.8) is 0 Å². The van der Waals surface area contributed by atoms with Gasteiger partial charge in [-0.05, 0) is 51.2 Å². The molecule has 2 fully saturated rings. The summed E-state index contributed by atoms with van der Waals surface area (Å²) >= 11 is 0. The van der Waals surface area contributed by atoms with Gasteiger partial charge in [-0.3, -0.25) is 24.0 Å². The first-order valence-electron chi connectivity index (χ1n) is 15.7. The Morgan fingerprint density at radius 3 is 2.21 bits per heavy atom. The Kier molecular flexibility index (Phi) is 11.5. The standard InChI is InChI=1S/C31H43N7O9/c1-16(32)26(41)35-22(15-39)29(44)38-12-6-10-24(38)30(45)37-11-5-9-23(37)27(42)36-25(17(2)40)28(43)34-21(31(46)47)13-18-14-33-20-8-4-3-7-19(18)20/h3-4,7-8,14,16-17,21-25,33,39-40H,5-6,9-13,15,32H2,1-2H3,(H,34,43)(H,35,41)(H,36,42)(H,46,47)/t16-,17+,21-,22-,23-,24+,25-/m0/s1. The number of nitrogens with two attached hydrogens (primary N) is 1. The van der Waals surface area contributed by atoms with Crippen molar-refractivity contribution in [2.24, 2.45) is 5.73 Å². The molecule has 0 radical (unpaired) electrons. The lowest BCUT2D eigenvalue weighted by Gasteiger charge is -2.33. The van der Waals surface area contributed by atoms with Crippen molar-refractivity contribution in [2.75, 3.05) is 19.7 Å². The number of carboxylic acids is 1. The number of para-hydroxylation sites is 1. The Morgan fingerprint density at radius 2 is 1.57 bits per heavy atom. The van der Waals surface area contributed by atoms with Crippen LogP contribution in [-0.4, -0.2) is 128 Å². The molecular weight excluding hydrogens is 614 g/mol. The quantitative estimate of drug-likeness (QED) is 0.117. The molecule has 0 bridgehead atoms. The van der Waals surface area contributed by atoms with Gasteiger partial charge in [-0.1, -0.05) is 18.2 Å². The molecule has 2 saturated heterocycles. The first-order chi connectivity index (χ1) is 22.3. The largest absolute Gasteiger partial charge is 0.480 e. The van der Waals surface area contributed by atoms with Crippen molar-refractivity contribution >= 4 is 46.4 Å². The van der Waals surface area contributed by atoms with Crippen LogP contribution in [0.4, 0.5) is 0 Å². The minimum absolute atomic E-state index is 0.0564. The van der Waals surface area contributed by atoms with Crippen molar-refractivity contribution in [1.29, 1.82) is 0 Å². The molecule has 5 amide bonds. The van der Waals surface area contributed by atoms with Crippen LogP contribution in [0.3, 0.4) is 0 Å². The van der Waals surface area contributed by atoms with Gasteiger partial charge in [0.05, 0.1) is 18.8 Å². The number of fused-ring (bicyclic) bond motifs is 1. The van der Waals surface area contributed by atoms with Gasteiger partial charge < -0.3 is 51.8 Å². The van der Waals surface area contributed by atoms with E-state index in [1.807, 2.05) is 18.2 Å². The Balaban J connectivity index is 1.42. The molecule has 7 atom stereocenters. The average Bonchev–Trinajstić information content (AvgIpc) is 3.81. The maximum atomic E-state index is 13.7. The van der Waals surface area contributed by atoms with Gasteiger partial charge in [0.1, 0.15) is 30.2 Å². The average molecular weight is 658 g/mol. The number of benzene rings is 1.